The van der Waals surface area contributed by atoms with Gasteiger partial charge in [-0.1, -0.05) is 35.4 Å². The fraction of sp³-hybridized carbons (Fsp3) is 0.125. The molecule has 2 heterocycles. The number of benzene rings is 1. The Morgan fingerprint density at radius 2 is 2.04 bits per heavy atom. The predicted molar refractivity (Wildman–Crippen MR) is 85.3 cm³/mol. The van der Waals surface area contributed by atoms with Crippen LogP contribution in [0.3, 0.4) is 0 Å². The number of carbonyl (C=O) groups is 1. The molecule has 0 saturated carbocycles. The quantitative estimate of drug-likeness (QED) is 0.748. The second kappa shape index (κ2) is 6.27. The maximum absolute atomic E-state index is 11.8. The molecule has 0 spiro atoms. The van der Waals surface area contributed by atoms with Crippen molar-refractivity contribution in [3.8, 4) is 11.6 Å². The minimum absolute atomic E-state index is 0.0333. The summed E-state index contributed by atoms with van der Waals surface area (Å²) < 4.78 is 7.11. The normalized spacial score (nSPS) is 11.0. The Morgan fingerprint density at radius 1 is 1.26 bits per heavy atom. The molecule has 0 aliphatic carbocycles. The number of hydrogen-bond donors (Lipinski definition) is 1. The van der Waals surface area contributed by atoms with Crippen molar-refractivity contribution in [1.82, 2.24) is 20.0 Å². The third kappa shape index (κ3) is 3.52. The van der Waals surface area contributed by atoms with Crippen molar-refractivity contribution in [2.75, 3.05) is 5.32 Å². The number of nitrogens with one attached hydrogen (secondary N) is 1. The first-order valence-electron chi connectivity index (χ1n) is 7.00. The van der Waals surface area contributed by atoms with Gasteiger partial charge in [-0.25, -0.2) is 0 Å². The molecule has 0 unspecified atom stereocenters. The van der Waals surface area contributed by atoms with Gasteiger partial charge in [-0.2, -0.15) is 5.10 Å². The number of aromatic nitrogens is 4. The van der Waals surface area contributed by atoms with Gasteiger partial charge in [0.05, 0.1) is 0 Å². The van der Waals surface area contributed by atoms with Crippen LogP contribution in [0.25, 0.3) is 17.7 Å². The molecule has 116 valence electrons. The zero-order chi connectivity index (χ0) is 16.2. The number of rotatable bonds is 4. The van der Waals surface area contributed by atoms with E-state index in [0.29, 0.717) is 5.69 Å². The molecule has 0 bridgehead atoms. The molecule has 3 rings (SSSR count). The summed E-state index contributed by atoms with van der Waals surface area (Å²) in [6.45, 7) is 1.92. The topological polar surface area (TPSA) is 85.8 Å². The first-order chi connectivity index (χ1) is 11.1. The van der Waals surface area contributed by atoms with E-state index in [9.17, 15) is 4.79 Å². The lowest BCUT2D eigenvalue weighted by Gasteiger charge is -1.94. The second-order valence-corrected chi connectivity index (χ2v) is 4.94. The Labute approximate surface area is 132 Å². The van der Waals surface area contributed by atoms with Crippen LogP contribution in [0.5, 0.6) is 0 Å². The summed E-state index contributed by atoms with van der Waals surface area (Å²) in [6, 6.07) is 11.4. The van der Waals surface area contributed by atoms with Crippen LogP contribution in [0.4, 0.5) is 6.01 Å². The van der Waals surface area contributed by atoms with Crippen LogP contribution in [0, 0.1) is 6.92 Å². The molecule has 3 aromatic rings. The zero-order valence-electron chi connectivity index (χ0n) is 12.7. The lowest BCUT2D eigenvalue weighted by atomic mass is 10.2. The Bertz CT molecular complexity index is 829. The standard InChI is InChI=1S/C16H15N5O2/c1-11-10-13(20-21(11)2)15-18-19-16(23-15)17-14(22)9-8-12-6-4-3-5-7-12/h3-10H,1-2H3,(H,17,19,22). The van der Waals surface area contributed by atoms with E-state index in [-0.39, 0.29) is 17.8 Å². The third-order valence-corrected chi connectivity index (χ3v) is 3.21. The molecule has 0 aliphatic heterocycles. The fourth-order valence-electron chi connectivity index (χ4n) is 1.93. The zero-order valence-corrected chi connectivity index (χ0v) is 12.7. The van der Waals surface area contributed by atoms with Crippen LogP contribution < -0.4 is 5.32 Å². The minimum Gasteiger partial charge on any atom is -0.401 e. The molecule has 2 aromatic heterocycles. The van der Waals surface area contributed by atoms with Gasteiger partial charge >= 0.3 is 6.01 Å². The van der Waals surface area contributed by atoms with Crippen molar-refractivity contribution >= 4 is 18.0 Å². The van der Waals surface area contributed by atoms with E-state index in [0.717, 1.165) is 11.3 Å². The summed E-state index contributed by atoms with van der Waals surface area (Å²) in [7, 11) is 1.83. The SMILES string of the molecule is Cc1cc(-c2nnc(NC(=O)C=Cc3ccccc3)o2)nn1C. The van der Waals surface area contributed by atoms with Crippen molar-refractivity contribution in [3.63, 3.8) is 0 Å². The van der Waals surface area contributed by atoms with Crippen LogP contribution in [0.1, 0.15) is 11.3 Å². The molecule has 7 heteroatoms. The molecule has 23 heavy (non-hydrogen) atoms. The smallest absolute Gasteiger partial charge is 0.322 e. The van der Waals surface area contributed by atoms with Crippen molar-refractivity contribution < 1.29 is 9.21 Å². The highest BCUT2D eigenvalue weighted by Gasteiger charge is 2.13. The van der Waals surface area contributed by atoms with Gasteiger partial charge in [-0.3, -0.25) is 14.8 Å². The molecule has 0 saturated heterocycles. The molecule has 1 amide bonds. The summed E-state index contributed by atoms with van der Waals surface area (Å²) >= 11 is 0. The average molecular weight is 309 g/mol. The average Bonchev–Trinajstić information content (AvgIpc) is 3.14. The monoisotopic (exact) mass is 309 g/mol. The maximum Gasteiger partial charge on any atom is 0.322 e. The van der Waals surface area contributed by atoms with Gasteiger partial charge in [0, 0.05) is 18.8 Å². The van der Waals surface area contributed by atoms with E-state index in [4.69, 9.17) is 4.42 Å². The molecule has 0 fully saturated rings. The van der Waals surface area contributed by atoms with Crippen molar-refractivity contribution in [3.05, 3.63) is 53.7 Å². The molecule has 1 aromatic carbocycles. The highest BCUT2D eigenvalue weighted by molar-refractivity contribution is 6.00. The Balaban J connectivity index is 1.67. The molecule has 0 aliphatic rings. The highest BCUT2D eigenvalue weighted by atomic mass is 16.4. The van der Waals surface area contributed by atoms with E-state index in [2.05, 4.69) is 20.6 Å². The first-order valence-corrected chi connectivity index (χ1v) is 7.00. The number of aryl methyl sites for hydroxylation is 2. The van der Waals surface area contributed by atoms with E-state index in [1.165, 1.54) is 6.08 Å². The van der Waals surface area contributed by atoms with Crippen molar-refractivity contribution in [2.45, 2.75) is 6.92 Å². The van der Waals surface area contributed by atoms with E-state index < -0.39 is 0 Å². The molecular formula is C16H15N5O2. The molecule has 1 N–H and O–H groups in total. The third-order valence-electron chi connectivity index (χ3n) is 3.21. The molecule has 7 nitrogen and oxygen atoms in total. The highest BCUT2D eigenvalue weighted by Crippen LogP contribution is 2.19. The van der Waals surface area contributed by atoms with Crippen LogP contribution in [0.2, 0.25) is 0 Å². The van der Waals surface area contributed by atoms with E-state index >= 15 is 0 Å². The summed E-state index contributed by atoms with van der Waals surface area (Å²) in [6.07, 6.45) is 3.11. The summed E-state index contributed by atoms with van der Waals surface area (Å²) in [5.41, 5.74) is 2.46. The number of amides is 1. The van der Waals surface area contributed by atoms with Gasteiger partial charge in [0.2, 0.25) is 0 Å². The Hall–Kier alpha value is -3.22. The van der Waals surface area contributed by atoms with Crippen LogP contribution >= 0.6 is 0 Å². The van der Waals surface area contributed by atoms with Crippen LogP contribution in [0.15, 0.2) is 46.9 Å². The summed E-state index contributed by atoms with van der Waals surface area (Å²) in [5, 5.41) is 14.4. The largest absolute Gasteiger partial charge is 0.401 e. The van der Waals surface area contributed by atoms with Crippen molar-refractivity contribution in [1.29, 1.82) is 0 Å². The number of nitrogens with zero attached hydrogens (tertiary/aromatic N) is 4. The molecule has 0 atom stereocenters. The lowest BCUT2D eigenvalue weighted by Crippen LogP contribution is -2.07. The fourth-order valence-corrected chi connectivity index (χ4v) is 1.93. The number of carbonyl (C=O) groups excluding carboxylic acids is 1. The van der Waals surface area contributed by atoms with Gasteiger partial charge in [0.1, 0.15) is 5.69 Å². The Morgan fingerprint density at radius 3 is 2.74 bits per heavy atom. The summed E-state index contributed by atoms with van der Waals surface area (Å²) in [5.74, 6) is -0.0858. The second-order valence-electron chi connectivity index (χ2n) is 4.94. The molecular weight excluding hydrogens is 294 g/mol. The van der Waals surface area contributed by atoms with Gasteiger partial charge in [-0.05, 0) is 24.6 Å². The summed E-state index contributed by atoms with van der Waals surface area (Å²) in [4.78, 5) is 11.8. The van der Waals surface area contributed by atoms with Crippen LogP contribution in [-0.2, 0) is 11.8 Å². The van der Waals surface area contributed by atoms with Gasteiger partial charge in [0.25, 0.3) is 11.8 Å². The number of hydrogen-bond acceptors (Lipinski definition) is 5. The first kappa shape index (κ1) is 14.7. The maximum atomic E-state index is 11.8. The Kier molecular flexibility index (Phi) is 4.01. The molecule has 0 radical (unpaired) electrons. The van der Waals surface area contributed by atoms with Gasteiger partial charge in [0.15, 0.2) is 0 Å². The predicted octanol–water partition coefficient (Wildman–Crippen LogP) is 2.43. The lowest BCUT2D eigenvalue weighted by molar-refractivity contribution is -0.112. The van der Waals surface area contributed by atoms with E-state index in [1.807, 2.05) is 50.4 Å². The number of anilines is 1. The van der Waals surface area contributed by atoms with E-state index in [1.54, 1.807) is 10.8 Å². The van der Waals surface area contributed by atoms with Crippen LogP contribution in [-0.4, -0.2) is 25.9 Å². The minimum atomic E-state index is -0.346. The van der Waals surface area contributed by atoms with Gasteiger partial charge in [-0.15, -0.1) is 5.10 Å². The van der Waals surface area contributed by atoms with Gasteiger partial charge < -0.3 is 4.42 Å². The van der Waals surface area contributed by atoms with Crippen molar-refractivity contribution in [2.24, 2.45) is 7.05 Å².